The van der Waals surface area contributed by atoms with Gasteiger partial charge >= 0.3 is 11.7 Å². The Bertz CT molecular complexity index is 3770. The van der Waals surface area contributed by atoms with E-state index in [4.69, 9.17) is 42.6 Å². The van der Waals surface area contributed by atoms with Crippen molar-refractivity contribution in [3.05, 3.63) is 56.9 Å². The molecule has 4 amide bonds. The molecule has 40 heteroatoms. The van der Waals surface area contributed by atoms with Crippen molar-refractivity contribution < 1.29 is 131 Å². The van der Waals surface area contributed by atoms with Crippen LogP contribution in [0.1, 0.15) is 115 Å². The van der Waals surface area contributed by atoms with E-state index in [0.717, 1.165) is 57.4 Å². The average Bonchev–Trinajstić information content (AvgIpc) is 0.759. The van der Waals surface area contributed by atoms with Gasteiger partial charge in [-0.05, 0) is 104 Å². The van der Waals surface area contributed by atoms with E-state index in [1.807, 2.05) is 11.9 Å². The Balaban J connectivity index is 1.08. The maximum absolute atomic E-state index is 14.6. The summed E-state index contributed by atoms with van der Waals surface area (Å²) in [5.74, 6) is -6.16. The van der Waals surface area contributed by atoms with Gasteiger partial charge in [0.15, 0.2) is 18.7 Å². The summed E-state index contributed by atoms with van der Waals surface area (Å²) in [5, 5.41) is 65.3. The lowest BCUT2D eigenvalue weighted by molar-refractivity contribution is -0.356. The van der Waals surface area contributed by atoms with Crippen LogP contribution in [0, 0.1) is 11.8 Å². The first-order valence-electron chi connectivity index (χ1n) is 32.3. The van der Waals surface area contributed by atoms with Crippen LogP contribution in [-0.2, 0) is 92.2 Å². The molecule has 14 N–H and O–H groups in total. The van der Waals surface area contributed by atoms with Crippen molar-refractivity contribution in [2.75, 3.05) is 58.6 Å². The lowest BCUT2D eigenvalue weighted by atomic mass is 9.80. The molecular formula is C60H87IN6O30S3. The summed E-state index contributed by atoms with van der Waals surface area (Å²) >= 11 is 2.08. The summed E-state index contributed by atoms with van der Waals surface area (Å²) in [6, 6.07) is 1.54. The second-order valence-electron chi connectivity index (χ2n) is 25.0. The molecule has 3 aromatic rings. The number of ether oxygens (including phenoxy) is 9. The van der Waals surface area contributed by atoms with E-state index >= 15 is 0 Å². The second-order valence-corrected chi connectivity index (χ2v) is 31.5. The van der Waals surface area contributed by atoms with E-state index in [2.05, 4.69) is 48.8 Å². The highest BCUT2D eigenvalue weighted by molar-refractivity contribution is 14.1. The Kier molecular flexibility index (Phi) is 29.8. The number of rotatable bonds is 35. The third-order valence-electron chi connectivity index (χ3n) is 17.4. The van der Waals surface area contributed by atoms with E-state index in [-0.39, 0.29) is 51.5 Å². The van der Waals surface area contributed by atoms with Gasteiger partial charge in [0.25, 0.3) is 41.8 Å². The molecule has 10 unspecified atom stereocenters. The molecule has 4 aliphatic rings. The number of aliphatic carboxylic acids is 1. The van der Waals surface area contributed by atoms with Crippen LogP contribution < -0.4 is 32.5 Å². The van der Waals surface area contributed by atoms with Crippen molar-refractivity contribution >= 4 is 99.0 Å². The van der Waals surface area contributed by atoms with Crippen molar-refractivity contribution in [2.24, 2.45) is 11.8 Å². The topological polar surface area (TPSA) is 547 Å². The van der Waals surface area contributed by atoms with Gasteiger partial charge in [-0.15, -0.1) is 0 Å². The molecule has 1 aromatic heterocycles. The number of unbranched alkanes of at least 4 members (excludes halogenated alkanes) is 3. The highest BCUT2D eigenvalue weighted by Crippen LogP contribution is 2.41. The molecule has 4 fully saturated rings. The van der Waals surface area contributed by atoms with Gasteiger partial charge in [0.1, 0.15) is 76.2 Å². The van der Waals surface area contributed by atoms with Crippen LogP contribution in [0.4, 0.5) is 5.69 Å². The number of hydrogen-bond donors (Lipinski definition) is 14. The van der Waals surface area contributed by atoms with Gasteiger partial charge < -0.3 is 94.4 Å². The molecule has 2 aromatic carbocycles. The molecule has 2 aliphatic heterocycles. The molecule has 2 saturated heterocycles. The predicted octanol–water partition coefficient (Wildman–Crippen LogP) is 0.0149. The molecule has 2 aliphatic carbocycles. The SMILES string of the molecule is CCCCCCC(C)(I)OC1C(O[C@@H](CC2CCCCC2)C(=O)O)[C@@H](O)C(CO)O[C@H]1O[C@@H]1CC(C(=O)NCCNC(=O)COCCOCC(=O)Nc2cc(S(=O)(=O)O)cc3cc(S(=O)(=O)O)cc(S(=O)(=O)O)c23)CC(NC(=O)c2cc(=O)[nH]c(=O)[nH]2)C1O[C@@H]1OC(C)[C@@H](OC)C(O)C1O. The van der Waals surface area contributed by atoms with E-state index in [0.29, 0.717) is 37.1 Å². The summed E-state index contributed by atoms with van der Waals surface area (Å²) in [5.41, 5.74) is -3.22. The summed E-state index contributed by atoms with van der Waals surface area (Å²) in [7, 11) is -14.3. The molecule has 0 radical (unpaired) electrons. The largest absolute Gasteiger partial charge is 0.479 e. The van der Waals surface area contributed by atoms with Crippen LogP contribution in [-0.4, -0.2) is 247 Å². The number of anilines is 1. The number of carbonyl (C=O) groups is 5. The Morgan fingerprint density at radius 2 is 1.40 bits per heavy atom. The van der Waals surface area contributed by atoms with E-state index in [1.54, 1.807) is 6.92 Å². The lowest BCUT2D eigenvalue weighted by Gasteiger charge is -2.50. The van der Waals surface area contributed by atoms with Gasteiger partial charge in [0, 0.05) is 37.6 Å². The zero-order valence-electron chi connectivity index (χ0n) is 54.9. The zero-order chi connectivity index (χ0) is 73.6. The molecule has 2 saturated carbocycles. The fraction of sp³-hybridized carbons (Fsp3) is 0.683. The monoisotopic (exact) mass is 1590 g/mol. The maximum Gasteiger partial charge on any atom is 0.332 e. The number of amides is 4. The standard InChI is InChI=1S/C60H87IN6O30S3/c1-5-6-7-11-14-60(3,61)97-53-52(93-40(56(77)78)19-31-12-9-8-10-13-31)47(72)41(27-68)95-58(53)94-39-23-33(22-37(65-55(76)38-26-43(69)67-59(79)66-38)51(39)96-57-49(74)48(73)50(89-4)30(2)92-57)54(75)63-16-15-62-44(70)28-90-17-18-91-29-45(71)64-36-24-34(98(80,81)82)20-32-21-35(99(83,84)85)25-42(46(32)36)100(86,87)88/h20-21,24-26,30-31,33,37,39-41,47-53,57-58,68,72-74H,5-19,22-23,27-29H2,1-4H3,(H,62,70)(H,63,75)(H,64,71)(H,65,76)(H,77,78)(H,80,81,82)(H,83,84,85)(H,86,87,88)(H2,66,67,69,79)/t30?,33?,37?,39-,40+,41?,47+,48?,49?,50-,51?,52?,53?,57+,58-,60?/m1/s1. The van der Waals surface area contributed by atoms with Gasteiger partial charge in [0.05, 0.1) is 53.5 Å². The fourth-order valence-corrected chi connectivity index (χ4v) is 15.1. The molecule has 36 nitrogen and oxygen atoms in total. The molecule has 0 bridgehead atoms. The molecule has 0 spiro atoms. The van der Waals surface area contributed by atoms with Crippen LogP contribution in [0.15, 0.2) is 54.6 Å². The van der Waals surface area contributed by atoms with Gasteiger partial charge in [-0.2, -0.15) is 25.3 Å². The van der Waals surface area contributed by atoms with Gasteiger partial charge in [-0.3, -0.25) is 42.6 Å². The summed E-state index contributed by atoms with van der Waals surface area (Å²) in [4.78, 5) is 93.8. The number of carboxylic acid groups (broad SMARTS) is 1. The minimum atomic E-state index is -5.34. The first-order chi connectivity index (χ1) is 47.0. The molecule has 100 heavy (non-hydrogen) atoms. The quantitative estimate of drug-likeness (QED) is 0.0160. The van der Waals surface area contributed by atoms with Gasteiger partial charge in [-0.25, -0.2) is 9.59 Å². The number of aromatic amines is 2. The zero-order valence-corrected chi connectivity index (χ0v) is 59.5. The first kappa shape index (κ1) is 82.0. The van der Waals surface area contributed by atoms with Crippen LogP contribution in [0.25, 0.3) is 10.8 Å². The van der Waals surface area contributed by atoms with Crippen LogP contribution in [0.3, 0.4) is 0 Å². The third kappa shape index (κ3) is 22.8. The maximum atomic E-state index is 14.6. The van der Waals surface area contributed by atoms with E-state index in [1.165, 1.54) is 14.0 Å². The number of fused-ring (bicyclic) bond motifs is 1. The Morgan fingerprint density at radius 3 is 2.01 bits per heavy atom. The Labute approximate surface area is 588 Å². The minimum Gasteiger partial charge on any atom is -0.479 e. The van der Waals surface area contributed by atoms with Crippen molar-refractivity contribution in [3.63, 3.8) is 0 Å². The van der Waals surface area contributed by atoms with E-state index in [9.17, 15) is 98.0 Å². The number of halogens is 1. The number of H-pyrrole nitrogens is 2. The van der Waals surface area contributed by atoms with Crippen molar-refractivity contribution in [3.8, 4) is 0 Å². The molecule has 3 heterocycles. The summed E-state index contributed by atoms with van der Waals surface area (Å²) in [6.45, 7) is 1.84. The van der Waals surface area contributed by atoms with Gasteiger partial charge in [0.2, 0.25) is 17.7 Å². The number of hydrogen-bond acceptors (Lipinski definition) is 26. The van der Waals surface area contributed by atoms with Crippen molar-refractivity contribution in [1.82, 2.24) is 25.9 Å². The number of carboxylic acids is 1. The summed E-state index contributed by atoms with van der Waals surface area (Å²) in [6.07, 6.45) is -12.6. The number of benzene rings is 2. The number of carbonyl (C=O) groups excluding carboxylic acids is 4. The summed E-state index contributed by atoms with van der Waals surface area (Å²) < 4.78 is 156. The van der Waals surface area contributed by atoms with Crippen LogP contribution >= 0.6 is 22.6 Å². The highest BCUT2D eigenvalue weighted by Gasteiger charge is 2.55. The minimum absolute atomic E-state index is 0.0367. The smallest absolute Gasteiger partial charge is 0.332 e. The van der Waals surface area contributed by atoms with Gasteiger partial charge in [-0.1, -0.05) is 58.3 Å². The number of alkyl halides is 1. The van der Waals surface area contributed by atoms with Crippen LogP contribution in [0.2, 0.25) is 0 Å². The van der Waals surface area contributed by atoms with Crippen molar-refractivity contribution in [2.45, 2.75) is 208 Å². The number of nitrogens with one attached hydrogen (secondary N) is 6. The number of aromatic nitrogens is 2. The Hall–Kier alpha value is -5.33. The number of methoxy groups -OCH3 is 1. The van der Waals surface area contributed by atoms with Crippen LogP contribution in [0.5, 0.6) is 0 Å². The normalized spacial score (nSPS) is 27.2. The highest BCUT2D eigenvalue weighted by atomic mass is 127. The second kappa shape index (κ2) is 36.4. The molecular weight excluding hydrogens is 1510 g/mol. The lowest BCUT2D eigenvalue weighted by Crippen LogP contribution is -2.66. The fourth-order valence-electron chi connectivity index (χ4n) is 12.5. The first-order valence-corrected chi connectivity index (χ1v) is 37.6. The van der Waals surface area contributed by atoms with Crippen molar-refractivity contribution in [1.29, 1.82) is 0 Å². The number of aliphatic hydroxyl groups excluding tert-OH is 4. The Morgan fingerprint density at radius 1 is 0.750 bits per heavy atom. The average molecular weight is 1600 g/mol. The number of aliphatic hydroxyl groups is 4. The third-order valence-corrected chi connectivity index (χ3v) is 20.7. The van der Waals surface area contributed by atoms with E-state index < -0.39 is 223 Å². The predicted molar refractivity (Wildman–Crippen MR) is 354 cm³/mol. The molecule has 562 valence electrons. The molecule has 16 atom stereocenters. The molecule has 7 rings (SSSR count).